The summed E-state index contributed by atoms with van der Waals surface area (Å²) in [5.41, 5.74) is 4.57. The molecule has 1 aromatic rings. The summed E-state index contributed by atoms with van der Waals surface area (Å²) < 4.78 is 13.9. The molecule has 0 N–H and O–H groups in total. The highest BCUT2D eigenvalue weighted by Gasteiger charge is 2.09. The van der Waals surface area contributed by atoms with Crippen LogP contribution in [0.4, 0.5) is 4.39 Å². The van der Waals surface area contributed by atoms with Gasteiger partial charge in [-0.2, -0.15) is 0 Å². The smallest absolute Gasteiger partial charge is 0.127 e. The fourth-order valence-electron chi connectivity index (χ4n) is 1.62. The van der Waals surface area contributed by atoms with E-state index in [-0.39, 0.29) is 5.82 Å². The van der Waals surface area contributed by atoms with E-state index in [1.54, 1.807) is 6.07 Å². The van der Waals surface area contributed by atoms with Gasteiger partial charge in [-0.25, -0.2) is 4.39 Å². The van der Waals surface area contributed by atoms with E-state index in [1.807, 2.05) is 26.8 Å². The minimum Gasteiger partial charge on any atom is -0.207 e. The summed E-state index contributed by atoms with van der Waals surface area (Å²) in [7, 11) is 0. The van der Waals surface area contributed by atoms with Crippen molar-refractivity contribution in [1.29, 1.82) is 0 Å². The fourth-order valence-corrected chi connectivity index (χ4v) is 1.62. The lowest BCUT2D eigenvalue weighted by Gasteiger charge is -2.11. The van der Waals surface area contributed by atoms with Gasteiger partial charge in [-0.05, 0) is 49.4 Å². The van der Waals surface area contributed by atoms with Crippen LogP contribution >= 0.6 is 0 Å². The first kappa shape index (κ1) is 12.7. The summed E-state index contributed by atoms with van der Waals surface area (Å²) in [4.78, 5) is 0. The Morgan fingerprint density at radius 1 is 1.31 bits per heavy atom. The molecule has 1 heteroatoms. The van der Waals surface area contributed by atoms with E-state index in [1.165, 1.54) is 0 Å². The molecule has 0 unspecified atom stereocenters. The highest BCUT2D eigenvalue weighted by atomic mass is 19.1. The Kier molecular flexibility index (Phi) is 4.05. The molecule has 86 valence electrons. The molecule has 0 fully saturated rings. The third-order valence-corrected chi connectivity index (χ3v) is 2.84. The molecule has 0 spiro atoms. The predicted molar refractivity (Wildman–Crippen MR) is 69.0 cm³/mol. The van der Waals surface area contributed by atoms with E-state index < -0.39 is 0 Å². The zero-order valence-corrected chi connectivity index (χ0v) is 10.4. The molecule has 0 aliphatic carbocycles. The Hall–Kier alpha value is -1.37. The first-order valence-electron chi connectivity index (χ1n) is 5.57. The second-order valence-corrected chi connectivity index (χ2v) is 4.31. The van der Waals surface area contributed by atoms with E-state index in [2.05, 4.69) is 13.2 Å². The molecule has 0 amide bonds. The first-order valence-corrected chi connectivity index (χ1v) is 5.57. The molecular weight excluding hydrogens is 199 g/mol. The Morgan fingerprint density at radius 2 is 1.94 bits per heavy atom. The Balaban J connectivity index is 3.12. The molecule has 16 heavy (non-hydrogen) atoms. The van der Waals surface area contributed by atoms with Gasteiger partial charge in [-0.3, -0.25) is 0 Å². The normalized spacial score (nSPS) is 10.2. The van der Waals surface area contributed by atoms with Crippen LogP contribution in [-0.2, 0) is 6.42 Å². The largest absolute Gasteiger partial charge is 0.207 e. The zero-order valence-electron chi connectivity index (χ0n) is 10.4. The summed E-state index contributed by atoms with van der Waals surface area (Å²) in [5.74, 6) is -0.146. The van der Waals surface area contributed by atoms with E-state index >= 15 is 0 Å². The summed E-state index contributed by atoms with van der Waals surface area (Å²) in [5, 5.41) is 0. The molecule has 1 rings (SSSR count). The highest BCUT2D eigenvalue weighted by Crippen LogP contribution is 2.23. The van der Waals surface area contributed by atoms with Crippen LogP contribution in [0.3, 0.4) is 0 Å². The van der Waals surface area contributed by atoms with Gasteiger partial charge in [0.2, 0.25) is 0 Å². The molecule has 0 aliphatic heterocycles. The van der Waals surface area contributed by atoms with Crippen molar-refractivity contribution >= 4 is 5.57 Å². The van der Waals surface area contributed by atoms with E-state index in [0.29, 0.717) is 6.42 Å². The zero-order chi connectivity index (χ0) is 12.3. The minimum absolute atomic E-state index is 0.146. The minimum atomic E-state index is -0.146. The predicted octanol–water partition coefficient (Wildman–Crippen LogP) is 4.68. The molecular formula is C15H19F. The number of hydrogen-bond donors (Lipinski definition) is 0. The standard InChI is InChI=1S/C15H19F/c1-6-11(4)7-14-12(5)8-13(10(2)3)9-15(14)16/h8-9H,2,4,6-7H2,1,3,5H3. The van der Waals surface area contributed by atoms with E-state index in [0.717, 1.165) is 34.3 Å². The number of halogens is 1. The van der Waals surface area contributed by atoms with Gasteiger partial charge < -0.3 is 0 Å². The molecule has 0 saturated carbocycles. The molecule has 0 bridgehead atoms. The van der Waals surface area contributed by atoms with Crippen molar-refractivity contribution in [2.24, 2.45) is 0 Å². The van der Waals surface area contributed by atoms with Gasteiger partial charge >= 0.3 is 0 Å². The lowest BCUT2D eigenvalue weighted by atomic mass is 9.96. The van der Waals surface area contributed by atoms with E-state index in [4.69, 9.17) is 0 Å². The van der Waals surface area contributed by atoms with Gasteiger partial charge in [0.05, 0.1) is 0 Å². The van der Waals surface area contributed by atoms with Gasteiger partial charge in [0.25, 0.3) is 0 Å². The molecule has 1 aromatic carbocycles. The SMILES string of the molecule is C=C(CC)Cc1c(C)cc(C(=C)C)cc1F. The lowest BCUT2D eigenvalue weighted by Crippen LogP contribution is -1.98. The average molecular weight is 218 g/mol. The van der Waals surface area contributed by atoms with Gasteiger partial charge in [0.15, 0.2) is 0 Å². The second-order valence-electron chi connectivity index (χ2n) is 4.31. The third-order valence-electron chi connectivity index (χ3n) is 2.84. The van der Waals surface area contributed by atoms with Crippen molar-refractivity contribution in [3.63, 3.8) is 0 Å². The quantitative estimate of drug-likeness (QED) is 0.644. The van der Waals surface area contributed by atoms with Crippen molar-refractivity contribution in [1.82, 2.24) is 0 Å². The van der Waals surface area contributed by atoms with Gasteiger partial charge in [0, 0.05) is 0 Å². The van der Waals surface area contributed by atoms with E-state index in [9.17, 15) is 4.39 Å². The van der Waals surface area contributed by atoms with Gasteiger partial charge in [0.1, 0.15) is 5.82 Å². The van der Waals surface area contributed by atoms with Crippen LogP contribution < -0.4 is 0 Å². The average Bonchev–Trinajstić information content (AvgIpc) is 2.22. The molecule has 0 saturated heterocycles. The third kappa shape index (κ3) is 2.82. The maximum Gasteiger partial charge on any atom is 0.127 e. The van der Waals surface area contributed by atoms with Crippen molar-refractivity contribution in [2.75, 3.05) is 0 Å². The number of allylic oxidation sites excluding steroid dienone is 2. The maximum atomic E-state index is 13.9. The number of benzene rings is 1. The lowest BCUT2D eigenvalue weighted by molar-refractivity contribution is 0.610. The molecule has 0 nitrogen and oxygen atoms in total. The number of hydrogen-bond acceptors (Lipinski definition) is 0. The molecule has 0 heterocycles. The van der Waals surface area contributed by atoms with Crippen LogP contribution in [0.5, 0.6) is 0 Å². The monoisotopic (exact) mass is 218 g/mol. The van der Waals surface area contributed by atoms with Gasteiger partial charge in [-0.1, -0.05) is 37.3 Å². The molecule has 0 atom stereocenters. The molecule has 0 aliphatic rings. The fraction of sp³-hybridized carbons (Fsp3) is 0.333. The van der Waals surface area contributed by atoms with Gasteiger partial charge in [-0.15, -0.1) is 0 Å². The van der Waals surface area contributed by atoms with Crippen molar-refractivity contribution < 1.29 is 4.39 Å². The topological polar surface area (TPSA) is 0 Å². The summed E-state index contributed by atoms with van der Waals surface area (Å²) in [6.07, 6.45) is 1.52. The van der Waals surface area contributed by atoms with Crippen molar-refractivity contribution in [3.05, 3.63) is 53.4 Å². The van der Waals surface area contributed by atoms with Crippen LogP contribution in [0, 0.1) is 12.7 Å². The van der Waals surface area contributed by atoms with Crippen molar-refractivity contribution in [3.8, 4) is 0 Å². The van der Waals surface area contributed by atoms with Crippen LogP contribution in [0.15, 0.2) is 30.9 Å². The molecule has 0 aromatic heterocycles. The Morgan fingerprint density at radius 3 is 2.38 bits per heavy atom. The number of rotatable bonds is 4. The summed E-state index contributed by atoms with van der Waals surface area (Å²) in [6.45, 7) is 13.6. The summed E-state index contributed by atoms with van der Waals surface area (Å²) in [6, 6.07) is 3.55. The highest BCUT2D eigenvalue weighted by molar-refractivity contribution is 5.62. The Labute approximate surface area is 97.5 Å². The maximum absolute atomic E-state index is 13.9. The first-order chi connectivity index (χ1) is 7.45. The van der Waals surface area contributed by atoms with Crippen LogP contribution in [0.25, 0.3) is 5.57 Å². The summed E-state index contributed by atoms with van der Waals surface area (Å²) >= 11 is 0. The van der Waals surface area contributed by atoms with Crippen LogP contribution in [0.2, 0.25) is 0 Å². The molecule has 0 radical (unpaired) electrons. The second kappa shape index (κ2) is 5.11. The van der Waals surface area contributed by atoms with Crippen molar-refractivity contribution in [2.45, 2.75) is 33.6 Å². The Bertz CT molecular complexity index is 404. The van der Waals surface area contributed by atoms with Crippen LogP contribution in [-0.4, -0.2) is 0 Å². The number of aryl methyl sites for hydroxylation is 1. The van der Waals surface area contributed by atoms with Crippen LogP contribution in [0.1, 0.15) is 37.0 Å².